The number of ether oxygens (including phenoxy) is 2. The molecule has 0 saturated heterocycles. The van der Waals surface area contributed by atoms with E-state index in [-0.39, 0.29) is 11.6 Å². The molecule has 0 unspecified atom stereocenters. The van der Waals surface area contributed by atoms with Gasteiger partial charge in [0.25, 0.3) is 0 Å². The van der Waals surface area contributed by atoms with Gasteiger partial charge < -0.3 is 9.47 Å². The van der Waals surface area contributed by atoms with E-state index >= 15 is 0 Å². The summed E-state index contributed by atoms with van der Waals surface area (Å²) >= 11 is 0. The molecule has 0 saturated carbocycles. The molecule has 3 nitrogen and oxygen atoms in total. The van der Waals surface area contributed by atoms with E-state index in [1.54, 1.807) is 6.08 Å². The first-order chi connectivity index (χ1) is 18.5. The van der Waals surface area contributed by atoms with Crippen LogP contribution < -0.4 is 9.47 Å². The molecule has 0 fully saturated rings. The lowest BCUT2D eigenvalue weighted by Crippen LogP contribution is -1.98. The zero-order valence-electron chi connectivity index (χ0n) is 22.5. The molecule has 0 heterocycles. The normalized spacial score (nSPS) is 11.0. The largest absolute Gasteiger partial charge is 0.494 e. The van der Waals surface area contributed by atoms with Crippen molar-refractivity contribution < 1.29 is 18.7 Å². The van der Waals surface area contributed by atoms with E-state index in [1.165, 1.54) is 68.9 Å². The second-order valence-electron chi connectivity index (χ2n) is 9.60. The highest BCUT2D eigenvalue weighted by atomic mass is 19.1. The van der Waals surface area contributed by atoms with E-state index in [0.717, 1.165) is 47.6 Å². The Kier molecular flexibility index (Phi) is 12.4. The van der Waals surface area contributed by atoms with Crippen LogP contribution in [0.4, 0.5) is 4.39 Å². The third-order valence-corrected chi connectivity index (χ3v) is 6.36. The molecule has 0 aromatic heterocycles. The first-order valence-corrected chi connectivity index (χ1v) is 13.6. The molecule has 0 spiro atoms. The number of allylic oxidation sites excluding steroid dienone is 2. The van der Waals surface area contributed by atoms with Gasteiger partial charge >= 0.3 is 0 Å². The zero-order chi connectivity index (χ0) is 27.0. The molecule has 0 aliphatic heterocycles. The topological polar surface area (TPSA) is 35.5 Å². The van der Waals surface area contributed by atoms with Gasteiger partial charge in [0.15, 0.2) is 5.78 Å². The van der Waals surface area contributed by atoms with Crippen LogP contribution in [-0.4, -0.2) is 19.0 Å². The molecule has 0 bridgehead atoms. The first kappa shape index (κ1) is 28.9. The summed E-state index contributed by atoms with van der Waals surface area (Å²) in [5.74, 6) is 1.26. The van der Waals surface area contributed by atoms with E-state index in [2.05, 4.69) is 18.7 Å². The molecule has 0 atom stereocenters. The molecular weight excluding hydrogens is 475 g/mol. The first-order valence-electron chi connectivity index (χ1n) is 13.6. The van der Waals surface area contributed by atoms with Crippen molar-refractivity contribution in [2.24, 2.45) is 0 Å². The van der Waals surface area contributed by atoms with Gasteiger partial charge in [-0.3, -0.25) is 4.79 Å². The summed E-state index contributed by atoms with van der Waals surface area (Å²) < 4.78 is 24.7. The van der Waals surface area contributed by atoms with Gasteiger partial charge in [0.1, 0.15) is 17.3 Å². The van der Waals surface area contributed by atoms with Crippen LogP contribution in [0.5, 0.6) is 11.5 Å². The Hall–Kier alpha value is -3.66. The number of hydrogen-bond donors (Lipinski definition) is 0. The number of carbonyl (C=O) groups is 1. The van der Waals surface area contributed by atoms with Crippen molar-refractivity contribution in [3.8, 4) is 11.5 Å². The number of rotatable bonds is 17. The zero-order valence-corrected chi connectivity index (χ0v) is 22.5. The third-order valence-electron chi connectivity index (χ3n) is 6.36. The molecule has 0 amide bonds. The van der Waals surface area contributed by atoms with Crippen LogP contribution in [0.1, 0.15) is 79.8 Å². The summed E-state index contributed by atoms with van der Waals surface area (Å²) in [6.45, 7) is 7.45. The van der Waals surface area contributed by atoms with Gasteiger partial charge in [-0.1, -0.05) is 81.0 Å². The van der Waals surface area contributed by atoms with Crippen LogP contribution in [-0.2, 0) is 0 Å². The highest BCUT2D eigenvalue weighted by Gasteiger charge is 2.02. The summed E-state index contributed by atoms with van der Waals surface area (Å²) in [7, 11) is 0. The van der Waals surface area contributed by atoms with Crippen LogP contribution in [0.15, 0.2) is 85.5 Å². The molecule has 38 heavy (non-hydrogen) atoms. The fourth-order valence-electron chi connectivity index (χ4n) is 4.04. The van der Waals surface area contributed by atoms with Crippen molar-refractivity contribution in [3.05, 3.63) is 108 Å². The van der Waals surface area contributed by atoms with Gasteiger partial charge in [-0.05, 0) is 85.5 Å². The summed E-state index contributed by atoms with van der Waals surface area (Å²) in [4.78, 5) is 12.2. The van der Waals surface area contributed by atoms with E-state index in [0.29, 0.717) is 12.2 Å². The van der Waals surface area contributed by atoms with Crippen molar-refractivity contribution in [1.82, 2.24) is 0 Å². The maximum Gasteiger partial charge on any atom is 0.185 e. The van der Waals surface area contributed by atoms with Gasteiger partial charge in [-0.25, -0.2) is 4.39 Å². The van der Waals surface area contributed by atoms with Gasteiger partial charge in [-0.15, -0.1) is 0 Å². The lowest BCUT2D eigenvalue weighted by atomic mass is 10.1. The van der Waals surface area contributed by atoms with Crippen molar-refractivity contribution in [2.75, 3.05) is 13.2 Å². The van der Waals surface area contributed by atoms with Crippen LogP contribution in [0, 0.1) is 5.82 Å². The fourth-order valence-corrected chi connectivity index (χ4v) is 4.04. The van der Waals surface area contributed by atoms with Crippen molar-refractivity contribution in [3.63, 3.8) is 0 Å². The molecule has 0 N–H and O–H groups in total. The van der Waals surface area contributed by atoms with Crippen LogP contribution in [0.25, 0.3) is 11.6 Å². The Morgan fingerprint density at radius 2 is 1.13 bits per heavy atom. The Morgan fingerprint density at radius 3 is 1.63 bits per heavy atom. The maximum absolute atomic E-state index is 13.0. The number of carbonyl (C=O) groups excluding carboxylic acids is 1. The van der Waals surface area contributed by atoms with Gasteiger partial charge in [0.05, 0.1) is 13.2 Å². The Morgan fingerprint density at radius 1 is 0.684 bits per heavy atom. The quantitative estimate of drug-likeness (QED) is 0.102. The molecular formula is C34H39FO3. The number of ketones is 1. The van der Waals surface area contributed by atoms with Crippen LogP contribution in [0.3, 0.4) is 0 Å². The van der Waals surface area contributed by atoms with Crippen molar-refractivity contribution >= 4 is 17.4 Å². The average molecular weight is 515 g/mol. The highest BCUT2D eigenvalue weighted by Crippen LogP contribution is 2.18. The average Bonchev–Trinajstić information content (AvgIpc) is 2.93. The van der Waals surface area contributed by atoms with E-state index in [9.17, 15) is 9.18 Å². The van der Waals surface area contributed by atoms with E-state index in [1.807, 2.05) is 43.3 Å². The minimum atomic E-state index is -0.351. The molecule has 0 aliphatic rings. The number of unbranched alkanes of at least 4 members (excludes halogenated alkanes) is 7. The predicted octanol–water partition coefficient (Wildman–Crippen LogP) is 9.33. The Bertz CT molecular complexity index is 1150. The molecule has 3 aromatic carbocycles. The van der Waals surface area contributed by atoms with Crippen LogP contribution in [0.2, 0.25) is 0 Å². The molecule has 3 aromatic rings. The van der Waals surface area contributed by atoms with Gasteiger partial charge in [0, 0.05) is 5.56 Å². The fraction of sp³-hybridized carbons (Fsp3) is 0.324. The Labute approximate surface area is 227 Å². The SMILES string of the molecule is C=C(C)c1ccc(OCCCCCCCCCCOc2ccc(/C=C/C(=O)c3ccc(F)cc3)cc2)cc1. The standard InChI is InChI=1S/C34H39FO3/c1-27(2)29-16-22-33(23-17-29)38-26-10-8-6-4-3-5-7-9-25-37-32-20-11-28(12-21-32)13-24-34(36)30-14-18-31(35)19-15-30/h11-24H,1,3-10,25-26H2,2H3/b24-13+. The smallest absolute Gasteiger partial charge is 0.185 e. The second-order valence-corrected chi connectivity index (χ2v) is 9.60. The van der Waals surface area contributed by atoms with Crippen molar-refractivity contribution in [1.29, 1.82) is 0 Å². The summed E-state index contributed by atoms with van der Waals surface area (Å²) in [5.41, 5.74) is 3.60. The number of benzene rings is 3. The molecule has 3 rings (SSSR count). The summed E-state index contributed by atoms with van der Waals surface area (Å²) in [6, 6.07) is 21.4. The Balaban J connectivity index is 1.17. The van der Waals surface area contributed by atoms with Crippen molar-refractivity contribution in [2.45, 2.75) is 58.3 Å². The van der Waals surface area contributed by atoms with E-state index < -0.39 is 0 Å². The minimum absolute atomic E-state index is 0.153. The molecule has 4 heteroatoms. The second kappa shape index (κ2) is 16.2. The summed E-state index contributed by atoms with van der Waals surface area (Å²) in [5, 5.41) is 0. The molecule has 200 valence electrons. The third kappa shape index (κ3) is 10.8. The predicted molar refractivity (Wildman–Crippen MR) is 155 cm³/mol. The maximum atomic E-state index is 13.0. The number of hydrogen-bond acceptors (Lipinski definition) is 3. The van der Waals surface area contributed by atoms with Gasteiger partial charge in [0.2, 0.25) is 0 Å². The molecule has 0 aliphatic carbocycles. The monoisotopic (exact) mass is 514 g/mol. The number of halogens is 1. The van der Waals surface area contributed by atoms with Crippen LogP contribution >= 0.6 is 0 Å². The lowest BCUT2D eigenvalue weighted by Gasteiger charge is -2.08. The highest BCUT2D eigenvalue weighted by molar-refractivity contribution is 6.06. The summed E-state index contributed by atoms with van der Waals surface area (Å²) in [6.07, 6.45) is 12.8. The lowest BCUT2D eigenvalue weighted by molar-refractivity contribution is 0.104. The van der Waals surface area contributed by atoms with Gasteiger partial charge in [-0.2, -0.15) is 0 Å². The van der Waals surface area contributed by atoms with E-state index in [4.69, 9.17) is 9.47 Å². The minimum Gasteiger partial charge on any atom is -0.494 e. The molecule has 0 radical (unpaired) electrons.